The molecule has 0 spiro atoms. The van der Waals surface area contributed by atoms with Gasteiger partial charge in [0.25, 0.3) is 0 Å². The first-order valence-electron chi connectivity index (χ1n) is 4.11. The van der Waals surface area contributed by atoms with Crippen LogP contribution in [0.2, 0.25) is 0 Å². The molecule has 1 aromatic rings. The van der Waals surface area contributed by atoms with Gasteiger partial charge in [0, 0.05) is 5.56 Å². The molecule has 6 heteroatoms. The van der Waals surface area contributed by atoms with E-state index >= 15 is 0 Å². The van der Waals surface area contributed by atoms with Crippen LogP contribution in [-0.4, -0.2) is 18.2 Å². The highest BCUT2D eigenvalue weighted by Gasteiger charge is 2.08. The van der Waals surface area contributed by atoms with Crippen molar-refractivity contribution in [3.05, 3.63) is 17.7 Å². The van der Waals surface area contributed by atoms with Gasteiger partial charge in [-0.3, -0.25) is 0 Å². The monoisotopic (exact) mass is 215 g/mol. The molecule has 0 saturated carbocycles. The van der Waals surface area contributed by atoms with Crippen LogP contribution >= 0.6 is 0 Å². The van der Waals surface area contributed by atoms with Crippen LogP contribution in [0.25, 0.3) is 0 Å². The number of aliphatic imine (C=N–C) groups is 3. The molecule has 0 saturated heterocycles. The second kappa shape index (κ2) is 5.29. The molecule has 0 amide bonds. The lowest BCUT2D eigenvalue weighted by Crippen LogP contribution is -1.78. The molecule has 0 aromatic heterocycles. The van der Waals surface area contributed by atoms with Crippen LogP contribution in [0, 0.1) is 6.92 Å². The van der Waals surface area contributed by atoms with E-state index in [2.05, 4.69) is 15.0 Å². The van der Waals surface area contributed by atoms with Crippen LogP contribution in [0.3, 0.4) is 0 Å². The van der Waals surface area contributed by atoms with Gasteiger partial charge in [-0.25, -0.2) is 14.4 Å². The molecule has 0 unspecified atom stereocenters. The van der Waals surface area contributed by atoms with E-state index in [0.717, 1.165) is 0 Å². The molecule has 78 valence electrons. The predicted molar refractivity (Wildman–Crippen MR) is 54.5 cm³/mol. The Morgan fingerprint density at radius 3 is 1.94 bits per heavy atom. The Bertz CT molecular complexity index is 561. The first-order valence-corrected chi connectivity index (χ1v) is 4.11. The topological polar surface area (TPSA) is 88.3 Å². The van der Waals surface area contributed by atoms with E-state index in [1.54, 1.807) is 6.92 Å². The van der Waals surface area contributed by atoms with Crippen molar-refractivity contribution in [3.8, 4) is 0 Å². The van der Waals surface area contributed by atoms with E-state index < -0.39 is 0 Å². The molecule has 1 aromatic carbocycles. The molecule has 0 aliphatic rings. The SMILES string of the molecule is Cc1c(N=C=O)ccc(N=C=O)c1N=C=O. The Labute approximate surface area is 90.1 Å². The molecule has 0 atom stereocenters. The van der Waals surface area contributed by atoms with E-state index in [4.69, 9.17) is 0 Å². The third kappa shape index (κ3) is 2.23. The molecule has 0 aliphatic carbocycles. The molecule has 6 nitrogen and oxygen atoms in total. The normalized spacial score (nSPS) is 8.31. The summed E-state index contributed by atoms with van der Waals surface area (Å²) in [5.41, 5.74) is 1.03. The maximum atomic E-state index is 10.2. The molecule has 0 bridgehead atoms. The highest BCUT2D eigenvalue weighted by atomic mass is 16.1. The summed E-state index contributed by atoms with van der Waals surface area (Å²) in [7, 11) is 0. The van der Waals surface area contributed by atoms with Crippen LogP contribution in [-0.2, 0) is 14.4 Å². The fourth-order valence-electron chi connectivity index (χ4n) is 1.17. The van der Waals surface area contributed by atoms with Gasteiger partial charge in [0.15, 0.2) is 0 Å². The molecular weight excluding hydrogens is 210 g/mol. The van der Waals surface area contributed by atoms with Gasteiger partial charge in [-0.2, -0.15) is 15.0 Å². The molecule has 0 fully saturated rings. The zero-order valence-electron chi connectivity index (χ0n) is 8.22. The first-order chi connectivity index (χ1) is 7.74. The maximum absolute atomic E-state index is 10.2. The van der Waals surface area contributed by atoms with E-state index in [9.17, 15) is 14.4 Å². The summed E-state index contributed by atoms with van der Waals surface area (Å²) < 4.78 is 0. The summed E-state index contributed by atoms with van der Waals surface area (Å²) in [6.45, 7) is 1.58. The van der Waals surface area contributed by atoms with Gasteiger partial charge in [0.2, 0.25) is 18.2 Å². The Hall–Kier alpha value is -2.64. The summed E-state index contributed by atoms with van der Waals surface area (Å²) in [6.07, 6.45) is 4.05. The number of nitrogens with zero attached hydrogens (tertiary/aromatic N) is 3. The summed E-state index contributed by atoms with van der Waals surface area (Å²) in [4.78, 5) is 40.7. The van der Waals surface area contributed by atoms with Crippen LogP contribution in [0.1, 0.15) is 5.56 Å². The highest BCUT2D eigenvalue weighted by molar-refractivity contribution is 5.77. The summed E-state index contributed by atoms with van der Waals surface area (Å²) in [5, 5.41) is 0. The molecule has 1 rings (SSSR count). The molecule has 0 aliphatic heterocycles. The second-order valence-electron chi connectivity index (χ2n) is 2.69. The quantitative estimate of drug-likeness (QED) is 0.569. The Balaban J connectivity index is 3.58. The molecule has 16 heavy (non-hydrogen) atoms. The first kappa shape index (κ1) is 11.4. The second-order valence-corrected chi connectivity index (χ2v) is 2.69. The van der Waals surface area contributed by atoms with Gasteiger partial charge in [-0.15, -0.1) is 0 Å². The van der Waals surface area contributed by atoms with Gasteiger partial charge < -0.3 is 0 Å². The van der Waals surface area contributed by atoms with Gasteiger partial charge in [-0.05, 0) is 19.1 Å². The summed E-state index contributed by atoms with van der Waals surface area (Å²) in [6, 6.07) is 2.85. The third-order valence-electron chi connectivity index (χ3n) is 1.87. The lowest BCUT2D eigenvalue weighted by molar-refractivity contribution is 0.564. The van der Waals surface area contributed by atoms with Crippen molar-refractivity contribution in [2.24, 2.45) is 15.0 Å². The third-order valence-corrected chi connectivity index (χ3v) is 1.87. The van der Waals surface area contributed by atoms with Gasteiger partial charge in [0.05, 0.1) is 5.69 Å². The van der Waals surface area contributed by atoms with Crippen molar-refractivity contribution in [2.45, 2.75) is 6.92 Å². The standard InChI is InChI=1S/C10H5N3O3/c1-7-8(11-4-14)2-3-9(12-5-15)10(7)13-6-16/h2-3H,1H3. The zero-order valence-corrected chi connectivity index (χ0v) is 8.22. The minimum Gasteiger partial charge on any atom is -0.211 e. The van der Waals surface area contributed by atoms with Crippen LogP contribution < -0.4 is 0 Å². The predicted octanol–water partition coefficient (Wildman–Crippen LogP) is 1.90. The summed E-state index contributed by atoms with van der Waals surface area (Å²) >= 11 is 0. The smallest absolute Gasteiger partial charge is 0.211 e. The number of benzene rings is 1. The van der Waals surface area contributed by atoms with Crippen molar-refractivity contribution < 1.29 is 14.4 Å². The average molecular weight is 215 g/mol. The molecular formula is C10H5N3O3. The van der Waals surface area contributed by atoms with Gasteiger partial charge in [0.1, 0.15) is 11.4 Å². The molecule has 0 N–H and O–H groups in total. The Morgan fingerprint density at radius 1 is 0.875 bits per heavy atom. The van der Waals surface area contributed by atoms with Crippen molar-refractivity contribution in [3.63, 3.8) is 0 Å². The minimum absolute atomic E-state index is 0.134. The Morgan fingerprint density at radius 2 is 1.38 bits per heavy atom. The van der Waals surface area contributed by atoms with E-state index in [0.29, 0.717) is 11.3 Å². The highest BCUT2D eigenvalue weighted by Crippen LogP contribution is 2.36. The lowest BCUT2D eigenvalue weighted by Gasteiger charge is -2.03. The number of rotatable bonds is 3. The van der Waals surface area contributed by atoms with Crippen molar-refractivity contribution in [1.29, 1.82) is 0 Å². The van der Waals surface area contributed by atoms with E-state index in [1.165, 1.54) is 30.4 Å². The van der Waals surface area contributed by atoms with Gasteiger partial charge >= 0.3 is 0 Å². The summed E-state index contributed by atoms with van der Waals surface area (Å²) in [5.74, 6) is 0. The fraction of sp³-hybridized carbons (Fsp3) is 0.100. The van der Waals surface area contributed by atoms with Crippen molar-refractivity contribution in [1.82, 2.24) is 0 Å². The Kier molecular flexibility index (Phi) is 3.78. The molecule has 0 heterocycles. The van der Waals surface area contributed by atoms with E-state index in [1.807, 2.05) is 0 Å². The van der Waals surface area contributed by atoms with Crippen LogP contribution in [0.15, 0.2) is 27.1 Å². The minimum atomic E-state index is 0.134. The molecule has 0 radical (unpaired) electrons. The van der Waals surface area contributed by atoms with Crippen LogP contribution in [0.4, 0.5) is 17.1 Å². The largest absolute Gasteiger partial charge is 0.240 e. The van der Waals surface area contributed by atoms with Crippen molar-refractivity contribution >= 4 is 35.3 Å². The number of carbonyl (C=O) groups excluding carboxylic acids is 3. The number of isocyanates is 3. The average Bonchev–Trinajstić information content (AvgIpc) is 2.28. The lowest BCUT2D eigenvalue weighted by atomic mass is 10.1. The van der Waals surface area contributed by atoms with E-state index in [-0.39, 0.29) is 11.4 Å². The zero-order chi connectivity index (χ0) is 12.0. The van der Waals surface area contributed by atoms with Crippen molar-refractivity contribution in [2.75, 3.05) is 0 Å². The fourth-order valence-corrected chi connectivity index (χ4v) is 1.17. The number of hydrogen-bond donors (Lipinski definition) is 0. The number of hydrogen-bond acceptors (Lipinski definition) is 6. The van der Waals surface area contributed by atoms with Crippen LogP contribution in [0.5, 0.6) is 0 Å². The maximum Gasteiger partial charge on any atom is 0.240 e. The van der Waals surface area contributed by atoms with Gasteiger partial charge in [-0.1, -0.05) is 0 Å².